The van der Waals surface area contributed by atoms with Crippen LogP contribution in [-0.2, 0) is 11.4 Å². The fourth-order valence-corrected chi connectivity index (χ4v) is 3.83. The molecule has 0 aliphatic rings. The number of carbonyl (C=O) groups is 1. The van der Waals surface area contributed by atoms with Crippen LogP contribution in [0.4, 0.5) is 4.39 Å². The van der Waals surface area contributed by atoms with Gasteiger partial charge in [0.15, 0.2) is 11.5 Å². The summed E-state index contributed by atoms with van der Waals surface area (Å²) >= 11 is 3.47. The van der Waals surface area contributed by atoms with Gasteiger partial charge >= 0.3 is 0 Å². The molecule has 0 saturated heterocycles. The largest absolute Gasteiger partial charge is 0.490 e. The Labute approximate surface area is 207 Å². The van der Waals surface area contributed by atoms with Crippen molar-refractivity contribution < 1.29 is 18.7 Å². The van der Waals surface area contributed by atoms with Gasteiger partial charge in [-0.25, -0.2) is 4.39 Å². The molecule has 174 valence electrons. The van der Waals surface area contributed by atoms with Crippen LogP contribution in [0.2, 0.25) is 0 Å². The summed E-state index contributed by atoms with van der Waals surface area (Å²) in [6, 6.07) is 21.0. The first kappa shape index (κ1) is 25.0. The Balaban J connectivity index is 1.83. The van der Waals surface area contributed by atoms with Crippen LogP contribution in [0.1, 0.15) is 36.6 Å². The molecule has 0 radical (unpaired) electrons. The molecule has 7 heteroatoms. The van der Waals surface area contributed by atoms with Crippen molar-refractivity contribution in [2.24, 2.45) is 0 Å². The van der Waals surface area contributed by atoms with Crippen LogP contribution in [0.3, 0.4) is 0 Å². The van der Waals surface area contributed by atoms with Gasteiger partial charge in [0.1, 0.15) is 24.1 Å². The zero-order valence-electron chi connectivity index (χ0n) is 18.8. The summed E-state index contributed by atoms with van der Waals surface area (Å²) in [6.07, 6.45) is 1.49. The van der Waals surface area contributed by atoms with E-state index in [-0.39, 0.29) is 24.0 Å². The molecular formula is C27H24BrFN2O3. The van der Waals surface area contributed by atoms with Crippen molar-refractivity contribution in [1.82, 2.24) is 5.32 Å². The van der Waals surface area contributed by atoms with E-state index in [1.807, 2.05) is 50.2 Å². The first-order chi connectivity index (χ1) is 16.4. The van der Waals surface area contributed by atoms with Crippen molar-refractivity contribution in [2.75, 3.05) is 6.61 Å². The number of halogens is 2. The summed E-state index contributed by atoms with van der Waals surface area (Å²) in [7, 11) is 0. The van der Waals surface area contributed by atoms with Crippen molar-refractivity contribution in [3.63, 3.8) is 0 Å². The first-order valence-electron chi connectivity index (χ1n) is 10.7. The molecular weight excluding hydrogens is 499 g/mol. The number of hydrogen-bond acceptors (Lipinski definition) is 4. The Morgan fingerprint density at radius 1 is 1.15 bits per heavy atom. The third-order valence-corrected chi connectivity index (χ3v) is 5.57. The predicted molar refractivity (Wildman–Crippen MR) is 133 cm³/mol. The van der Waals surface area contributed by atoms with Gasteiger partial charge in [-0.1, -0.05) is 48.5 Å². The number of ether oxygens (including phenoxy) is 2. The molecule has 0 saturated carbocycles. The third kappa shape index (κ3) is 6.46. The van der Waals surface area contributed by atoms with E-state index in [0.717, 1.165) is 5.56 Å². The molecule has 5 nitrogen and oxygen atoms in total. The highest BCUT2D eigenvalue weighted by Crippen LogP contribution is 2.38. The summed E-state index contributed by atoms with van der Waals surface area (Å²) in [6.45, 7) is 4.07. The standard InChI is InChI=1S/C27H24BrFN2O3/c1-3-33-25-15-19(14-23(28)26(25)34-17-21-11-7-8-12-24(21)29)13-22(16-30)27(32)31-18(2)20-9-5-4-6-10-20/h4-15,18H,3,17H2,1-2H3,(H,31,32)/b22-13-/t18-/m1/s1. The summed E-state index contributed by atoms with van der Waals surface area (Å²) in [4.78, 5) is 12.7. The average molecular weight is 523 g/mol. The average Bonchev–Trinajstić information content (AvgIpc) is 2.83. The molecule has 0 aliphatic heterocycles. The molecule has 0 spiro atoms. The smallest absolute Gasteiger partial charge is 0.262 e. The molecule has 0 bridgehead atoms. The highest BCUT2D eigenvalue weighted by atomic mass is 79.9. The molecule has 1 N–H and O–H groups in total. The Hall–Kier alpha value is -3.63. The molecule has 3 aromatic carbocycles. The monoisotopic (exact) mass is 522 g/mol. The van der Waals surface area contributed by atoms with Gasteiger partial charge in [-0.2, -0.15) is 5.26 Å². The summed E-state index contributed by atoms with van der Waals surface area (Å²) in [5.74, 6) is -0.0175. The maximum atomic E-state index is 14.0. The summed E-state index contributed by atoms with van der Waals surface area (Å²) in [5.41, 5.74) is 1.88. The lowest BCUT2D eigenvalue weighted by molar-refractivity contribution is -0.117. The van der Waals surface area contributed by atoms with Crippen LogP contribution < -0.4 is 14.8 Å². The Kier molecular flexibility index (Phi) is 8.83. The zero-order chi connectivity index (χ0) is 24.5. The summed E-state index contributed by atoms with van der Waals surface area (Å²) in [5, 5.41) is 12.4. The van der Waals surface area contributed by atoms with Gasteiger partial charge in [0.05, 0.1) is 17.1 Å². The van der Waals surface area contributed by atoms with Crippen molar-refractivity contribution in [3.8, 4) is 17.6 Å². The van der Waals surface area contributed by atoms with Crippen LogP contribution in [-0.4, -0.2) is 12.5 Å². The van der Waals surface area contributed by atoms with Crippen molar-refractivity contribution >= 4 is 27.9 Å². The van der Waals surface area contributed by atoms with Gasteiger partial charge in [-0.05, 0) is 65.2 Å². The molecule has 3 aromatic rings. The van der Waals surface area contributed by atoms with Crippen LogP contribution in [0.25, 0.3) is 6.08 Å². The number of carbonyl (C=O) groups excluding carboxylic acids is 1. The van der Waals surface area contributed by atoms with E-state index >= 15 is 0 Å². The van der Waals surface area contributed by atoms with Gasteiger partial charge in [0, 0.05) is 5.56 Å². The van der Waals surface area contributed by atoms with E-state index in [0.29, 0.717) is 33.7 Å². The minimum Gasteiger partial charge on any atom is -0.490 e. The maximum Gasteiger partial charge on any atom is 0.262 e. The van der Waals surface area contributed by atoms with Crippen LogP contribution in [0, 0.1) is 17.1 Å². The van der Waals surface area contributed by atoms with Crippen LogP contribution >= 0.6 is 15.9 Å². The topological polar surface area (TPSA) is 71.3 Å². The van der Waals surface area contributed by atoms with Crippen molar-refractivity contribution in [1.29, 1.82) is 5.26 Å². The number of rotatable bonds is 9. The van der Waals surface area contributed by atoms with E-state index in [9.17, 15) is 14.4 Å². The lowest BCUT2D eigenvalue weighted by Crippen LogP contribution is -2.27. The number of nitriles is 1. The number of amides is 1. The fourth-order valence-electron chi connectivity index (χ4n) is 3.25. The van der Waals surface area contributed by atoms with Crippen molar-refractivity contribution in [3.05, 3.63) is 99.3 Å². The maximum absolute atomic E-state index is 14.0. The Morgan fingerprint density at radius 2 is 1.85 bits per heavy atom. The normalized spacial score (nSPS) is 11.9. The van der Waals surface area contributed by atoms with Gasteiger partial charge < -0.3 is 14.8 Å². The van der Waals surface area contributed by atoms with E-state index in [2.05, 4.69) is 21.2 Å². The quantitative estimate of drug-likeness (QED) is 0.262. The number of hydrogen-bond donors (Lipinski definition) is 1. The zero-order valence-corrected chi connectivity index (χ0v) is 20.4. The third-order valence-electron chi connectivity index (χ3n) is 4.98. The Bertz CT molecular complexity index is 1220. The van der Waals surface area contributed by atoms with Crippen molar-refractivity contribution in [2.45, 2.75) is 26.5 Å². The molecule has 0 aliphatic carbocycles. The van der Waals surface area contributed by atoms with E-state index in [1.165, 1.54) is 12.1 Å². The number of nitrogens with one attached hydrogen (secondary N) is 1. The SMILES string of the molecule is CCOc1cc(/C=C(/C#N)C(=O)N[C@H](C)c2ccccc2)cc(Br)c1OCc1ccccc1F. The van der Waals surface area contributed by atoms with E-state index in [1.54, 1.807) is 30.3 Å². The molecule has 0 aromatic heterocycles. The molecule has 0 unspecified atom stereocenters. The minimum atomic E-state index is -0.479. The fraction of sp³-hybridized carbons (Fsp3) is 0.185. The molecule has 1 atom stereocenters. The van der Waals surface area contributed by atoms with Gasteiger partial charge in [-0.3, -0.25) is 4.79 Å². The lowest BCUT2D eigenvalue weighted by atomic mass is 10.1. The predicted octanol–water partition coefficient (Wildman–Crippen LogP) is 6.35. The number of nitrogens with zero attached hydrogens (tertiary/aromatic N) is 1. The molecule has 3 rings (SSSR count). The highest BCUT2D eigenvalue weighted by Gasteiger charge is 2.17. The van der Waals surface area contributed by atoms with Crippen LogP contribution in [0.5, 0.6) is 11.5 Å². The second kappa shape index (κ2) is 12.0. The van der Waals surface area contributed by atoms with E-state index in [4.69, 9.17) is 9.47 Å². The Morgan fingerprint density at radius 3 is 2.53 bits per heavy atom. The minimum absolute atomic E-state index is 0.0176. The number of benzene rings is 3. The van der Waals surface area contributed by atoms with E-state index < -0.39 is 5.91 Å². The summed E-state index contributed by atoms with van der Waals surface area (Å²) < 4.78 is 26.1. The second-order valence-electron chi connectivity index (χ2n) is 7.42. The first-order valence-corrected chi connectivity index (χ1v) is 11.5. The van der Waals surface area contributed by atoms with Gasteiger partial charge in [0.25, 0.3) is 5.91 Å². The van der Waals surface area contributed by atoms with Gasteiger partial charge in [-0.15, -0.1) is 0 Å². The highest BCUT2D eigenvalue weighted by molar-refractivity contribution is 9.10. The second-order valence-corrected chi connectivity index (χ2v) is 8.27. The molecule has 0 heterocycles. The molecule has 0 fully saturated rings. The molecule has 1 amide bonds. The van der Waals surface area contributed by atoms with Gasteiger partial charge in [0.2, 0.25) is 0 Å². The van der Waals surface area contributed by atoms with Crippen LogP contribution in [0.15, 0.2) is 76.8 Å². The molecule has 34 heavy (non-hydrogen) atoms. The lowest BCUT2D eigenvalue weighted by Gasteiger charge is -2.16.